The Balaban J connectivity index is 1.64. The molecule has 6 nitrogen and oxygen atoms in total. The van der Waals surface area contributed by atoms with Gasteiger partial charge in [-0.1, -0.05) is 59.7 Å². The first-order valence-corrected chi connectivity index (χ1v) is 7.49. The fourth-order valence-electron chi connectivity index (χ4n) is 1.84. The van der Waals surface area contributed by atoms with Crippen molar-refractivity contribution in [2.45, 2.75) is 27.1 Å². The molecule has 6 heteroatoms. The topological polar surface area (TPSA) is 76.7 Å². The third kappa shape index (κ3) is 6.00. The number of benzene rings is 2. The lowest BCUT2D eigenvalue weighted by atomic mass is 10.2. The van der Waals surface area contributed by atoms with Crippen molar-refractivity contribution in [3.8, 4) is 0 Å². The molecular weight excluding hydrogens is 308 g/mol. The van der Waals surface area contributed by atoms with Crippen molar-refractivity contribution in [1.29, 1.82) is 0 Å². The number of amides is 2. The van der Waals surface area contributed by atoms with Crippen molar-refractivity contribution < 1.29 is 19.1 Å². The highest BCUT2D eigenvalue weighted by Gasteiger charge is 2.06. The van der Waals surface area contributed by atoms with Crippen LogP contribution in [-0.2, 0) is 22.7 Å². The maximum atomic E-state index is 11.5. The van der Waals surface area contributed by atoms with Gasteiger partial charge in [0.1, 0.15) is 13.2 Å². The van der Waals surface area contributed by atoms with Gasteiger partial charge in [-0.3, -0.25) is 0 Å². The normalized spacial score (nSPS) is 9.92. The van der Waals surface area contributed by atoms with Crippen molar-refractivity contribution in [3.63, 3.8) is 0 Å². The van der Waals surface area contributed by atoms with E-state index in [0.29, 0.717) is 0 Å². The number of hydrogen-bond acceptors (Lipinski definition) is 4. The first-order chi connectivity index (χ1) is 11.5. The summed E-state index contributed by atoms with van der Waals surface area (Å²) in [6.45, 7) is 4.19. The van der Waals surface area contributed by atoms with E-state index in [1.165, 1.54) is 0 Å². The fourth-order valence-corrected chi connectivity index (χ4v) is 1.84. The second kappa shape index (κ2) is 8.57. The minimum Gasteiger partial charge on any atom is -0.443 e. The third-order valence-electron chi connectivity index (χ3n) is 3.25. The molecule has 24 heavy (non-hydrogen) atoms. The van der Waals surface area contributed by atoms with Gasteiger partial charge in [-0.25, -0.2) is 20.4 Å². The zero-order chi connectivity index (χ0) is 17.4. The fraction of sp³-hybridized carbons (Fsp3) is 0.222. The van der Waals surface area contributed by atoms with Crippen LogP contribution >= 0.6 is 0 Å². The van der Waals surface area contributed by atoms with E-state index >= 15 is 0 Å². The van der Waals surface area contributed by atoms with Crippen LogP contribution in [0.5, 0.6) is 0 Å². The minimum absolute atomic E-state index is 0.117. The lowest BCUT2D eigenvalue weighted by Crippen LogP contribution is -2.42. The first kappa shape index (κ1) is 17.3. The van der Waals surface area contributed by atoms with Crippen molar-refractivity contribution in [2.24, 2.45) is 0 Å². The molecule has 2 aromatic rings. The Morgan fingerprint density at radius 2 is 1.04 bits per heavy atom. The number of rotatable bonds is 4. The van der Waals surface area contributed by atoms with Gasteiger partial charge in [-0.15, -0.1) is 0 Å². The Kier molecular flexibility index (Phi) is 6.19. The number of ether oxygens (including phenoxy) is 2. The molecule has 2 N–H and O–H groups in total. The SMILES string of the molecule is Cc1ccc(COC(=O)NNC(=O)OCc2ccc(C)cc2)cc1. The molecule has 2 rings (SSSR count). The lowest BCUT2D eigenvalue weighted by Gasteiger charge is -2.09. The molecule has 2 amide bonds. The third-order valence-corrected chi connectivity index (χ3v) is 3.25. The van der Waals surface area contributed by atoms with E-state index in [1.54, 1.807) is 0 Å². The zero-order valence-corrected chi connectivity index (χ0v) is 13.7. The average Bonchev–Trinajstić information content (AvgIpc) is 2.59. The minimum atomic E-state index is -0.761. The van der Waals surface area contributed by atoms with E-state index in [0.717, 1.165) is 22.3 Å². The Bertz CT molecular complexity index is 620. The number of hydrazine groups is 1. The van der Waals surface area contributed by atoms with Crippen molar-refractivity contribution >= 4 is 12.2 Å². The Hall–Kier alpha value is -3.02. The van der Waals surface area contributed by atoms with Crippen LogP contribution in [0.4, 0.5) is 9.59 Å². The molecule has 0 saturated heterocycles. The number of carbonyl (C=O) groups excluding carboxylic acids is 2. The largest absolute Gasteiger partial charge is 0.443 e. The Morgan fingerprint density at radius 3 is 1.38 bits per heavy atom. The van der Waals surface area contributed by atoms with E-state index in [1.807, 2.05) is 62.4 Å². The molecule has 0 spiro atoms. The smallest absolute Gasteiger partial charge is 0.426 e. The first-order valence-electron chi connectivity index (χ1n) is 7.49. The summed E-state index contributed by atoms with van der Waals surface area (Å²) in [5, 5.41) is 0. The summed E-state index contributed by atoms with van der Waals surface area (Å²) in [5.41, 5.74) is 8.22. The molecule has 0 bridgehead atoms. The van der Waals surface area contributed by atoms with E-state index < -0.39 is 12.2 Å². The van der Waals surface area contributed by atoms with Crippen LogP contribution in [0.25, 0.3) is 0 Å². The van der Waals surface area contributed by atoms with Gasteiger partial charge in [0.25, 0.3) is 0 Å². The zero-order valence-electron chi connectivity index (χ0n) is 13.7. The van der Waals surface area contributed by atoms with Crippen LogP contribution in [0.15, 0.2) is 48.5 Å². The molecule has 0 radical (unpaired) electrons. The number of aryl methyl sites for hydroxylation is 2. The lowest BCUT2D eigenvalue weighted by molar-refractivity contribution is 0.117. The number of hydrogen-bond donors (Lipinski definition) is 2. The molecule has 0 heterocycles. The van der Waals surface area contributed by atoms with E-state index in [-0.39, 0.29) is 13.2 Å². The van der Waals surface area contributed by atoms with Crippen molar-refractivity contribution in [2.75, 3.05) is 0 Å². The van der Waals surface area contributed by atoms with Crippen LogP contribution in [0, 0.1) is 13.8 Å². The van der Waals surface area contributed by atoms with Crippen LogP contribution < -0.4 is 10.9 Å². The molecule has 0 aromatic heterocycles. The second-order valence-corrected chi connectivity index (χ2v) is 5.37. The van der Waals surface area contributed by atoms with Crippen LogP contribution in [0.1, 0.15) is 22.3 Å². The van der Waals surface area contributed by atoms with Gasteiger partial charge < -0.3 is 9.47 Å². The monoisotopic (exact) mass is 328 g/mol. The molecule has 0 atom stereocenters. The molecule has 126 valence electrons. The van der Waals surface area contributed by atoms with Gasteiger partial charge in [0, 0.05) is 0 Å². The molecule has 0 aliphatic heterocycles. The van der Waals surface area contributed by atoms with E-state index in [9.17, 15) is 9.59 Å². The van der Waals surface area contributed by atoms with Gasteiger partial charge in [0.15, 0.2) is 0 Å². The van der Waals surface area contributed by atoms with E-state index in [2.05, 4.69) is 10.9 Å². The van der Waals surface area contributed by atoms with Gasteiger partial charge in [0.2, 0.25) is 0 Å². The predicted molar refractivity (Wildman–Crippen MR) is 89.0 cm³/mol. The van der Waals surface area contributed by atoms with Crippen LogP contribution in [0.3, 0.4) is 0 Å². The Morgan fingerprint density at radius 1 is 0.708 bits per heavy atom. The van der Waals surface area contributed by atoms with Crippen molar-refractivity contribution in [3.05, 3.63) is 70.8 Å². The standard InChI is InChI=1S/C18H20N2O4/c1-13-3-7-15(8-4-13)11-23-17(21)19-20-18(22)24-12-16-9-5-14(2)6-10-16/h3-10H,11-12H2,1-2H3,(H,19,21)(H,20,22). The highest BCUT2D eigenvalue weighted by Crippen LogP contribution is 2.05. The average molecular weight is 328 g/mol. The predicted octanol–water partition coefficient (Wildman–Crippen LogP) is 3.37. The maximum Gasteiger partial charge on any atom is 0.426 e. The van der Waals surface area contributed by atoms with Gasteiger partial charge in [-0.2, -0.15) is 0 Å². The highest BCUT2D eigenvalue weighted by atomic mass is 16.6. The highest BCUT2D eigenvalue weighted by molar-refractivity contribution is 5.73. The summed E-state index contributed by atoms with van der Waals surface area (Å²) in [5.74, 6) is 0. The molecule has 0 saturated carbocycles. The number of nitrogens with one attached hydrogen (secondary N) is 2. The van der Waals surface area contributed by atoms with Crippen molar-refractivity contribution in [1.82, 2.24) is 10.9 Å². The summed E-state index contributed by atoms with van der Waals surface area (Å²) < 4.78 is 9.95. The number of carbonyl (C=O) groups is 2. The summed E-state index contributed by atoms with van der Waals surface area (Å²) >= 11 is 0. The molecule has 0 unspecified atom stereocenters. The summed E-state index contributed by atoms with van der Waals surface area (Å²) in [4.78, 5) is 23.0. The van der Waals surface area contributed by atoms with Gasteiger partial charge in [0.05, 0.1) is 0 Å². The maximum absolute atomic E-state index is 11.5. The Labute approximate surface area is 140 Å². The molecule has 0 aliphatic rings. The molecule has 2 aromatic carbocycles. The van der Waals surface area contributed by atoms with Crippen LogP contribution in [0.2, 0.25) is 0 Å². The summed E-state index contributed by atoms with van der Waals surface area (Å²) in [6, 6.07) is 15.2. The van der Waals surface area contributed by atoms with Gasteiger partial charge in [-0.05, 0) is 25.0 Å². The summed E-state index contributed by atoms with van der Waals surface area (Å²) in [6.07, 6.45) is -1.52. The quantitative estimate of drug-likeness (QED) is 0.844. The molecule has 0 fully saturated rings. The summed E-state index contributed by atoms with van der Waals surface area (Å²) in [7, 11) is 0. The molecule has 0 aliphatic carbocycles. The van der Waals surface area contributed by atoms with Gasteiger partial charge >= 0.3 is 12.2 Å². The molecular formula is C18H20N2O4. The second-order valence-electron chi connectivity index (χ2n) is 5.37. The van der Waals surface area contributed by atoms with E-state index in [4.69, 9.17) is 9.47 Å². The van der Waals surface area contributed by atoms with Crippen LogP contribution in [-0.4, -0.2) is 12.2 Å².